The van der Waals surface area contributed by atoms with Crippen LogP contribution in [0, 0.1) is 5.92 Å². The Kier molecular flexibility index (Phi) is 8.15. The molecule has 2 aromatic heterocycles. The molecule has 0 N–H and O–H groups in total. The molecule has 0 saturated heterocycles. The lowest BCUT2D eigenvalue weighted by Crippen LogP contribution is -2.36. The molecule has 1 saturated carbocycles. The summed E-state index contributed by atoms with van der Waals surface area (Å²) >= 11 is 1.34. The van der Waals surface area contributed by atoms with E-state index in [1.807, 2.05) is 0 Å². The van der Waals surface area contributed by atoms with Gasteiger partial charge in [0.2, 0.25) is 0 Å². The molecule has 2 aliphatic rings. The Labute approximate surface area is 208 Å². The number of hydrogen-bond donors (Lipinski definition) is 0. The van der Waals surface area contributed by atoms with Crippen molar-refractivity contribution in [2.75, 3.05) is 26.2 Å². The largest absolute Gasteiger partial charge is 0.464 e. The van der Waals surface area contributed by atoms with E-state index in [0.717, 1.165) is 49.8 Å². The number of halogens is 3. The van der Waals surface area contributed by atoms with Crippen LogP contribution in [0.4, 0.5) is 13.2 Å². The number of ketones is 1. The minimum atomic E-state index is -2.88. The minimum Gasteiger partial charge on any atom is -0.464 e. The molecule has 7 nitrogen and oxygen atoms in total. The molecule has 4 rings (SSSR count). The summed E-state index contributed by atoms with van der Waals surface area (Å²) in [5.74, 6) is -2.49. The Bertz CT molecular complexity index is 972. The van der Waals surface area contributed by atoms with Crippen LogP contribution in [0.5, 0.6) is 5.19 Å². The van der Waals surface area contributed by atoms with Gasteiger partial charge in [-0.25, -0.2) is 18.2 Å². The lowest BCUT2D eigenvalue weighted by atomic mass is 9.76. The van der Waals surface area contributed by atoms with Crippen molar-refractivity contribution < 1.29 is 22.7 Å². The summed E-state index contributed by atoms with van der Waals surface area (Å²) < 4.78 is 46.7. The maximum atomic E-state index is 15.5. The normalized spacial score (nSPS) is 23.6. The zero-order valence-corrected chi connectivity index (χ0v) is 21.3. The van der Waals surface area contributed by atoms with Gasteiger partial charge in [0.05, 0.1) is 24.0 Å². The summed E-state index contributed by atoms with van der Waals surface area (Å²) in [6.45, 7) is 2.42. The van der Waals surface area contributed by atoms with E-state index in [2.05, 4.69) is 20.1 Å². The fourth-order valence-electron chi connectivity index (χ4n) is 4.93. The van der Waals surface area contributed by atoms with Gasteiger partial charge < -0.3 is 9.64 Å². The van der Waals surface area contributed by atoms with Crippen LogP contribution in [-0.2, 0) is 31.1 Å². The van der Waals surface area contributed by atoms with Crippen LogP contribution in [0.15, 0.2) is 6.20 Å². The van der Waals surface area contributed by atoms with Crippen molar-refractivity contribution in [3.63, 3.8) is 0 Å². The number of ether oxygens (including phenoxy) is 1. The third-order valence-electron chi connectivity index (χ3n) is 6.95. The fourth-order valence-corrected chi connectivity index (χ4v) is 5.88. The number of alkyl halides is 3. The molecule has 0 radical (unpaired) electrons. The molecule has 11 heteroatoms. The van der Waals surface area contributed by atoms with Crippen LogP contribution in [-0.4, -0.2) is 68.5 Å². The standard InChI is InChI=1S/C24H34F3N5O2S/c1-23(25,26)16-34-22-29-20-5-10-32(11-6-21(20)35-22)12-9-24(27)7-3-17(4-8-24)13-19(33)14-18-15-28-31(2)30-18/h15,17H,3-14,16H2,1-2H3. The predicted octanol–water partition coefficient (Wildman–Crippen LogP) is 4.20. The fraction of sp³-hybridized carbons (Fsp3) is 0.750. The number of hydrogen-bond acceptors (Lipinski definition) is 7. The van der Waals surface area contributed by atoms with E-state index >= 15 is 4.39 Å². The lowest BCUT2D eigenvalue weighted by molar-refractivity contribution is -0.119. The van der Waals surface area contributed by atoms with Gasteiger partial charge in [-0.15, -0.1) is 0 Å². The molecule has 0 unspecified atom stereocenters. The van der Waals surface area contributed by atoms with Crippen LogP contribution in [0.3, 0.4) is 0 Å². The zero-order valence-electron chi connectivity index (χ0n) is 20.4. The first kappa shape index (κ1) is 26.1. The van der Waals surface area contributed by atoms with Gasteiger partial charge in [-0.2, -0.15) is 15.0 Å². The zero-order chi connectivity index (χ0) is 25.1. The summed E-state index contributed by atoms with van der Waals surface area (Å²) in [5.41, 5.74) is 0.418. The number of rotatable bonds is 10. The minimum absolute atomic E-state index is 0.143. The number of aryl methyl sites for hydroxylation is 1. The summed E-state index contributed by atoms with van der Waals surface area (Å²) in [5, 5.41) is 8.46. The maximum absolute atomic E-state index is 15.5. The van der Waals surface area contributed by atoms with Crippen molar-refractivity contribution in [1.82, 2.24) is 24.9 Å². The highest BCUT2D eigenvalue weighted by Gasteiger charge is 2.36. The molecule has 1 fully saturated rings. The number of nitrogens with zero attached hydrogens (tertiary/aromatic N) is 5. The smallest absolute Gasteiger partial charge is 0.278 e. The Morgan fingerprint density at radius 3 is 2.71 bits per heavy atom. The molecule has 2 aromatic rings. The SMILES string of the molecule is Cn1ncc(CC(=O)CC2CCC(F)(CCN3CCc4nc(OCC(C)(F)F)sc4CC3)CC2)n1. The van der Waals surface area contributed by atoms with E-state index in [-0.39, 0.29) is 11.7 Å². The first-order valence-corrected chi connectivity index (χ1v) is 13.2. The number of aromatic nitrogens is 4. The van der Waals surface area contributed by atoms with Crippen molar-refractivity contribution in [3.8, 4) is 5.19 Å². The second-order valence-corrected chi connectivity index (χ2v) is 11.2. The van der Waals surface area contributed by atoms with Crippen molar-refractivity contribution >= 4 is 17.1 Å². The first-order valence-electron chi connectivity index (χ1n) is 12.3. The second kappa shape index (κ2) is 10.9. The maximum Gasteiger partial charge on any atom is 0.278 e. The number of carbonyl (C=O) groups excluding carboxylic acids is 1. The summed E-state index contributed by atoms with van der Waals surface area (Å²) in [4.78, 5) is 21.6. The molecule has 0 amide bonds. The summed E-state index contributed by atoms with van der Waals surface area (Å²) in [6, 6.07) is 0. The molecule has 194 valence electrons. The molecule has 0 bridgehead atoms. The molecular formula is C24H34F3N5O2S. The van der Waals surface area contributed by atoms with E-state index in [0.29, 0.717) is 56.0 Å². The van der Waals surface area contributed by atoms with Gasteiger partial charge in [0.1, 0.15) is 11.5 Å². The highest BCUT2D eigenvalue weighted by Crippen LogP contribution is 2.39. The third-order valence-corrected chi connectivity index (χ3v) is 8.02. The Morgan fingerprint density at radius 2 is 2.03 bits per heavy atom. The van der Waals surface area contributed by atoms with Crippen LogP contribution < -0.4 is 4.74 Å². The monoisotopic (exact) mass is 513 g/mol. The predicted molar refractivity (Wildman–Crippen MR) is 127 cm³/mol. The Morgan fingerprint density at radius 1 is 1.29 bits per heavy atom. The van der Waals surface area contributed by atoms with Crippen molar-refractivity contribution in [1.29, 1.82) is 0 Å². The average molecular weight is 514 g/mol. The molecule has 1 aliphatic carbocycles. The van der Waals surface area contributed by atoms with E-state index in [1.165, 1.54) is 16.1 Å². The number of thiazole rings is 1. The number of carbonyl (C=O) groups is 1. The van der Waals surface area contributed by atoms with E-state index in [4.69, 9.17) is 4.74 Å². The molecule has 3 heterocycles. The second-order valence-electron chi connectivity index (χ2n) is 10.1. The van der Waals surface area contributed by atoms with Crippen molar-refractivity contribution in [2.24, 2.45) is 13.0 Å². The highest BCUT2D eigenvalue weighted by atomic mass is 32.1. The highest BCUT2D eigenvalue weighted by molar-refractivity contribution is 7.13. The Hall–Kier alpha value is -2.01. The molecule has 0 aromatic carbocycles. The Balaban J connectivity index is 1.17. The van der Waals surface area contributed by atoms with Gasteiger partial charge in [-0.3, -0.25) is 4.79 Å². The van der Waals surface area contributed by atoms with Gasteiger partial charge in [0.15, 0.2) is 6.61 Å². The van der Waals surface area contributed by atoms with E-state index in [1.54, 1.807) is 13.2 Å². The summed E-state index contributed by atoms with van der Waals surface area (Å²) in [6.07, 6.45) is 6.85. The molecule has 1 aliphatic heterocycles. The molecule has 0 spiro atoms. The van der Waals surface area contributed by atoms with Crippen LogP contribution in [0.2, 0.25) is 0 Å². The van der Waals surface area contributed by atoms with Gasteiger partial charge in [-0.05, 0) is 44.4 Å². The van der Waals surface area contributed by atoms with E-state index in [9.17, 15) is 13.6 Å². The van der Waals surface area contributed by atoms with Gasteiger partial charge in [0, 0.05) is 51.3 Å². The van der Waals surface area contributed by atoms with Crippen LogP contribution in [0.25, 0.3) is 0 Å². The molecule has 0 atom stereocenters. The van der Waals surface area contributed by atoms with Gasteiger partial charge >= 0.3 is 0 Å². The van der Waals surface area contributed by atoms with Crippen LogP contribution in [0.1, 0.15) is 61.7 Å². The number of fused-ring (bicyclic) bond motifs is 1. The first-order chi connectivity index (χ1) is 16.6. The topological polar surface area (TPSA) is 73.1 Å². The average Bonchev–Trinajstić information content (AvgIpc) is 3.33. The number of Topliss-reactive ketones (excluding diaryl/α,β-unsaturated/α-hetero) is 1. The quantitative estimate of drug-likeness (QED) is 0.474. The van der Waals surface area contributed by atoms with Crippen LogP contribution >= 0.6 is 11.3 Å². The molecular weight excluding hydrogens is 479 g/mol. The van der Waals surface area contributed by atoms with E-state index < -0.39 is 18.2 Å². The van der Waals surface area contributed by atoms with Crippen molar-refractivity contribution in [3.05, 3.63) is 22.5 Å². The lowest BCUT2D eigenvalue weighted by Gasteiger charge is -2.35. The summed E-state index contributed by atoms with van der Waals surface area (Å²) in [7, 11) is 1.73. The third kappa shape index (κ3) is 7.73. The van der Waals surface area contributed by atoms with Gasteiger partial charge in [-0.1, -0.05) is 11.3 Å². The molecule has 35 heavy (non-hydrogen) atoms. The van der Waals surface area contributed by atoms with Crippen molar-refractivity contribution in [2.45, 2.75) is 76.3 Å². The van der Waals surface area contributed by atoms with Gasteiger partial charge in [0.25, 0.3) is 11.1 Å².